The Balaban J connectivity index is 1.88. The van der Waals surface area contributed by atoms with Gasteiger partial charge in [-0.3, -0.25) is 10.2 Å². The molecule has 0 unspecified atom stereocenters. The van der Waals surface area contributed by atoms with Crippen LogP contribution in [0.3, 0.4) is 0 Å². The smallest absolute Gasteiger partial charge is 0.269 e. The fraction of sp³-hybridized carbons (Fsp3) is 0.292. The summed E-state index contributed by atoms with van der Waals surface area (Å²) >= 11 is 6.26. The first-order valence-electron chi connectivity index (χ1n) is 10.7. The second-order valence-electron chi connectivity index (χ2n) is 7.48. The second kappa shape index (κ2) is 11.0. The maximum absolute atomic E-state index is 12.0. The molecule has 0 aliphatic carbocycles. The van der Waals surface area contributed by atoms with Crippen LogP contribution in [0.2, 0.25) is 5.02 Å². The lowest BCUT2D eigenvalue weighted by molar-refractivity contribution is -0.114. The average Bonchev–Trinajstić information content (AvgIpc) is 3.22. The summed E-state index contributed by atoms with van der Waals surface area (Å²) in [4.78, 5) is 16.4. The molecule has 1 aromatic carbocycles. The van der Waals surface area contributed by atoms with Crippen molar-refractivity contribution < 1.29 is 9.53 Å². The zero-order valence-corrected chi connectivity index (χ0v) is 19.8. The summed E-state index contributed by atoms with van der Waals surface area (Å²) < 4.78 is 8.14. The van der Waals surface area contributed by atoms with Crippen molar-refractivity contribution in [1.82, 2.24) is 20.0 Å². The normalized spacial score (nSPS) is 11.8. The fourth-order valence-electron chi connectivity index (χ4n) is 3.55. The Morgan fingerprint density at radius 1 is 1.24 bits per heavy atom. The van der Waals surface area contributed by atoms with Gasteiger partial charge in [0.05, 0.1) is 6.61 Å². The molecule has 0 fully saturated rings. The number of imidazole rings is 1. The lowest BCUT2D eigenvalue weighted by Gasteiger charge is -2.16. The summed E-state index contributed by atoms with van der Waals surface area (Å²) in [6, 6.07) is 9.45. The fourth-order valence-corrected chi connectivity index (χ4v) is 3.72. The number of carbonyl (C=O) groups excluding carboxylic acids is 1. The van der Waals surface area contributed by atoms with E-state index in [1.165, 1.54) is 7.05 Å². The van der Waals surface area contributed by atoms with Crippen LogP contribution >= 0.6 is 11.6 Å². The van der Waals surface area contributed by atoms with Gasteiger partial charge in [-0.1, -0.05) is 11.6 Å². The van der Waals surface area contributed by atoms with E-state index in [1.54, 1.807) is 13.1 Å². The van der Waals surface area contributed by atoms with Crippen molar-refractivity contribution in [1.29, 1.82) is 5.41 Å². The van der Waals surface area contributed by atoms with Crippen molar-refractivity contribution >= 4 is 28.9 Å². The predicted molar refractivity (Wildman–Crippen MR) is 132 cm³/mol. The molecule has 2 aromatic heterocycles. The molecule has 0 radical (unpaired) electrons. The summed E-state index contributed by atoms with van der Waals surface area (Å²) in [6.07, 6.45) is 4.96. The zero-order chi connectivity index (χ0) is 24.0. The van der Waals surface area contributed by atoms with E-state index in [4.69, 9.17) is 27.5 Å². The van der Waals surface area contributed by atoms with Gasteiger partial charge in [-0.25, -0.2) is 4.98 Å². The number of amides is 1. The largest absolute Gasteiger partial charge is 0.493 e. The number of hydrogen-bond acceptors (Lipinski definition) is 6. The highest BCUT2D eigenvalue weighted by atomic mass is 35.5. The van der Waals surface area contributed by atoms with Crippen molar-refractivity contribution in [3.63, 3.8) is 0 Å². The highest BCUT2D eigenvalue weighted by Gasteiger charge is 2.17. The van der Waals surface area contributed by atoms with Crippen LogP contribution in [0.15, 0.2) is 54.0 Å². The van der Waals surface area contributed by atoms with Gasteiger partial charge in [0.1, 0.15) is 17.1 Å². The minimum absolute atomic E-state index is 0.0859. The van der Waals surface area contributed by atoms with Crippen LogP contribution in [0.5, 0.6) is 5.75 Å². The molecule has 0 aliphatic rings. The highest BCUT2D eigenvalue weighted by molar-refractivity contribution is 6.44. The molecule has 33 heavy (non-hydrogen) atoms. The summed E-state index contributed by atoms with van der Waals surface area (Å²) in [7, 11) is 3.27. The van der Waals surface area contributed by atoms with Crippen molar-refractivity contribution in [2.75, 3.05) is 27.2 Å². The van der Waals surface area contributed by atoms with Gasteiger partial charge in [-0.15, -0.1) is 0 Å². The van der Waals surface area contributed by atoms with E-state index < -0.39 is 5.91 Å². The van der Waals surface area contributed by atoms with E-state index in [0.717, 1.165) is 34.6 Å². The number of aromatic nitrogens is 2. The standard InChI is InChI=1S/C24H29ClN6O2/c1-15(28-2)19(23(27)24(32)29-3)9-11-33-21-12-17(25)5-6-20(21)16-4-7-22-30-13-18(8-10-26)31(22)14-16/h4-7,12-14,27-28H,8-11,26H2,1-3H3,(H,29,32)/b19-15-,27-23?. The van der Waals surface area contributed by atoms with E-state index in [0.29, 0.717) is 29.3 Å². The van der Waals surface area contributed by atoms with Gasteiger partial charge in [0.25, 0.3) is 5.91 Å². The summed E-state index contributed by atoms with van der Waals surface area (Å²) in [6.45, 7) is 2.64. The summed E-state index contributed by atoms with van der Waals surface area (Å²) in [5.74, 6) is 0.181. The number of carbonyl (C=O) groups is 1. The van der Waals surface area contributed by atoms with Gasteiger partial charge in [-0.2, -0.15) is 0 Å². The first-order valence-corrected chi connectivity index (χ1v) is 11.0. The Labute approximate surface area is 198 Å². The molecule has 0 spiro atoms. The average molecular weight is 469 g/mol. The third kappa shape index (κ3) is 5.53. The Morgan fingerprint density at radius 3 is 2.73 bits per heavy atom. The lowest BCUT2D eigenvalue weighted by atomic mass is 10.0. The van der Waals surface area contributed by atoms with Crippen LogP contribution in [0.25, 0.3) is 16.8 Å². The molecular formula is C24H29ClN6O2. The summed E-state index contributed by atoms with van der Waals surface area (Å²) in [5, 5.41) is 14.3. The summed E-state index contributed by atoms with van der Waals surface area (Å²) in [5.41, 5.74) is 10.7. The first-order chi connectivity index (χ1) is 15.9. The van der Waals surface area contributed by atoms with Crippen molar-refractivity contribution in [2.45, 2.75) is 19.8 Å². The highest BCUT2D eigenvalue weighted by Crippen LogP contribution is 2.33. The maximum Gasteiger partial charge on any atom is 0.269 e. The number of halogens is 1. The quantitative estimate of drug-likeness (QED) is 0.341. The SMILES string of the molecule is CNC(=O)C(=N)/C(CCOc1cc(Cl)ccc1-c1ccc2ncc(CCN)n2c1)=C(/C)NC. The number of hydrogen-bond donors (Lipinski definition) is 4. The second-order valence-corrected chi connectivity index (χ2v) is 7.92. The Kier molecular flexibility index (Phi) is 8.08. The van der Waals surface area contributed by atoms with Gasteiger partial charge in [0, 0.05) is 72.4 Å². The third-order valence-electron chi connectivity index (χ3n) is 5.43. The molecule has 0 aliphatic heterocycles. The topological polar surface area (TPSA) is 118 Å². The predicted octanol–water partition coefficient (Wildman–Crippen LogP) is 3.18. The van der Waals surface area contributed by atoms with E-state index in [9.17, 15) is 4.79 Å². The van der Waals surface area contributed by atoms with E-state index >= 15 is 0 Å². The number of nitrogens with zero attached hydrogens (tertiary/aromatic N) is 2. The minimum atomic E-state index is -0.440. The zero-order valence-electron chi connectivity index (χ0n) is 19.0. The first kappa shape index (κ1) is 24.3. The molecule has 174 valence electrons. The third-order valence-corrected chi connectivity index (χ3v) is 5.67. The Morgan fingerprint density at radius 2 is 2.03 bits per heavy atom. The van der Waals surface area contributed by atoms with Crippen LogP contribution in [-0.2, 0) is 11.2 Å². The van der Waals surface area contributed by atoms with E-state index in [1.807, 2.05) is 48.0 Å². The van der Waals surface area contributed by atoms with Gasteiger partial charge in [0.2, 0.25) is 0 Å². The molecule has 9 heteroatoms. The maximum atomic E-state index is 12.0. The molecule has 8 nitrogen and oxygen atoms in total. The number of nitrogens with one attached hydrogen (secondary N) is 3. The van der Waals surface area contributed by atoms with E-state index in [2.05, 4.69) is 15.6 Å². The Bertz CT molecular complexity index is 1200. The molecule has 0 saturated heterocycles. The van der Waals surface area contributed by atoms with Gasteiger partial charge < -0.3 is 25.5 Å². The van der Waals surface area contributed by atoms with Crippen LogP contribution in [0.1, 0.15) is 19.0 Å². The molecule has 2 heterocycles. The molecule has 0 saturated carbocycles. The Hall–Kier alpha value is -3.36. The molecule has 0 atom stereocenters. The monoisotopic (exact) mass is 468 g/mol. The molecule has 1 amide bonds. The number of ether oxygens (including phenoxy) is 1. The number of benzene rings is 1. The van der Waals surface area contributed by atoms with Crippen LogP contribution in [0.4, 0.5) is 0 Å². The molecule has 3 rings (SSSR count). The number of fused-ring (bicyclic) bond motifs is 1. The molecule has 5 N–H and O–H groups in total. The number of allylic oxidation sites excluding steroid dienone is 1. The number of rotatable bonds is 10. The molecular weight excluding hydrogens is 440 g/mol. The van der Waals surface area contributed by atoms with Crippen LogP contribution in [-0.4, -0.2) is 48.3 Å². The number of pyridine rings is 1. The lowest BCUT2D eigenvalue weighted by Crippen LogP contribution is -2.30. The van der Waals surface area contributed by atoms with Crippen molar-refractivity contribution in [3.8, 4) is 16.9 Å². The van der Waals surface area contributed by atoms with Crippen molar-refractivity contribution in [3.05, 3.63) is 64.7 Å². The molecule has 0 bridgehead atoms. The molecule has 3 aromatic rings. The van der Waals surface area contributed by atoms with Crippen molar-refractivity contribution in [2.24, 2.45) is 5.73 Å². The van der Waals surface area contributed by atoms with Crippen LogP contribution in [0, 0.1) is 5.41 Å². The number of nitrogens with two attached hydrogens (primary N) is 1. The van der Waals surface area contributed by atoms with Gasteiger partial charge in [0.15, 0.2) is 0 Å². The van der Waals surface area contributed by atoms with Crippen LogP contribution < -0.4 is 21.1 Å². The van der Waals surface area contributed by atoms with Gasteiger partial charge >= 0.3 is 0 Å². The van der Waals surface area contributed by atoms with E-state index in [-0.39, 0.29) is 12.3 Å². The minimum Gasteiger partial charge on any atom is -0.493 e. The van der Waals surface area contributed by atoms with Gasteiger partial charge in [-0.05, 0) is 43.8 Å².